The van der Waals surface area contributed by atoms with Crippen LogP contribution in [0.1, 0.15) is 43.0 Å². The van der Waals surface area contributed by atoms with Crippen molar-refractivity contribution in [1.29, 1.82) is 0 Å². The second-order valence-corrected chi connectivity index (χ2v) is 11.0. The molecule has 8 heteroatoms. The van der Waals surface area contributed by atoms with Crippen LogP contribution in [0.4, 0.5) is 16.2 Å². The van der Waals surface area contributed by atoms with Crippen LogP contribution in [0.25, 0.3) is 11.6 Å². The standard InChI is InChI=1S/C27H28ClN3O3S/c1-15-7-8-21(16(2)9-15)29-24(32)14-31-25(33)23(35-26(31)34)11-18-10-19-17(3)13-27(4,5)30(6)22(19)12-20(18)28/h7-13H,14H2,1-6H3,(H,29,32)/b23-11-. The van der Waals surface area contributed by atoms with Crippen LogP contribution in [0.15, 0.2) is 41.3 Å². The fraction of sp³-hybridized carbons (Fsp3) is 0.296. The molecule has 2 aromatic carbocycles. The zero-order valence-corrected chi connectivity index (χ0v) is 22.2. The second kappa shape index (κ2) is 9.21. The molecule has 0 atom stereocenters. The highest BCUT2D eigenvalue weighted by Gasteiger charge is 2.37. The highest BCUT2D eigenvalue weighted by atomic mass is 35.5. The van der Waals surface area contributed by atoms with Gasteiger partial charge in [-0.15, -0.1) is 0 Å². The van der Waals surface area contributed by atoms with Crippen molar-refractivity contribution in [3.05, 3.63) is 68.6 Å². The molecular formula is C27H28ClN3O3S. The van der Waals surface area contributed by atoms with Crippen LogP contribution < -0.4 is 10.2 Å². The van der Waals surface area contributed by atoms with Crippen LogP contribution in [0.2, 0.25) is 5.02 Å². The maximum Gasteiger partial charge on any atom is 0.294 e. The number of imide groups is 1. The lowest BCUT2D eigenvalue weighted by molar-refractivity contribution is -0.127. The van der Waals surface area contributed by atoms with E-state index in [2.05, 4.69) is 30.1 Å². The van der Waals surface area contributed by atoms with Crippen LogP contribution in [0.5, 0.6) is 0 Å². The number of carbonyl (C=O) groups is 3. The van der Waals surface area contributed by atoms with Crippen molar-refractivity contribution in [3.8, 4) is 0 Å². The summed E-state index contributed by atoms with van der Waals surface area (Å²) in [5.41, 5.74) is 6.29. The molecule has 1 fully saturated rings. The number of hydrogen-bond acceptors (Lipinski definition) is 5. The van der Waals surface area contributed by atoms with Gasteiger partial charge in [0.05, 0.1) is 10.4 Å². The summed E-state index contributed by atoms with van der Waals surface area (Å²) in [6, 6.07) is 9.49. The van der Waals surface area contributed by atoms with E-state index < -0.39 is 17.1 Å². The normalized spacial score (nSPS) is 18.1. The largest absolute Gasteiger partial charge is 0.365 e. The first-order chi connectivity index (χ1) is 16.4. The van der Waals surface area contributed by atoms with Gasteiger partial charge in [-0.05, 0) is 87.4 Å². The van der Waals surface area contributed by atoms with Crippen molar-refractivity contribution in [2.24, 2.45) is 0 Å². The van der Waals surface area contributed by atoms with E-state index in [9.17, 15) is 14.4 Å². The van der Waals surface area contributed by atoms with Gasteiger partial charge in [-0.3, -0.25) is 19.3 Å². The topological polar surface area (TPSA) is 69.7 Å². The number of allylic oxidation sites excluding steroid dienone is 1. The lowest BCUT2D eigenvalue weighted by atomic mass is 9.88. The van der Waals surface area contributed by atoms with E-state index in [-0.39, 0.29) is 17.0 Å². The summed E-state index contributed by atoms with van der Waals surface area (Å²) in [6.07, 6.45) is 3.82. The monoisotopic (exact) mass is 509 g/mol. The van der Waals surface area contributed by atoms with E-state index in [1.165, 1.54) is 0 Å². The van der Waals surface area contributed by atoms with Gasteiger partial charge in [0.2, 0.25) is 5.91 Å². The molecule has 0 radical (unpaired) electrons. The first-order valence-corrected chi connectivity index (χ1v) is 12.5. The Hall–Kier alpha value is -3.03. The van der Waals surface area contributed by atoms with Gasteiger partial charge in [-0.2, -0.15) is 0 Å². The highest BCUT2D eigenvalue weighted by molar-refractivity contribution is 8.18. The van der Waals surface area contributed by atoms with Gasteiger partial charge in [-0.25, -0.2) is 0 Å². The Morgan fingerprint density at radius 3 is 2.54 bits per heavy atom. The Labute approximate surface area is 215 Å². The maximum absolute atomic E-state index is 13.0. The van der Waals surface area contributed by atoms with Gasteiger partial charge in [0.25, 0.3) is 11.1 Å². The molecule has 0 spiro atoms. The molecule has 0 saturated carbocycles. The average Bonchev–Trinajstić information content (AvgIpc) is 3.02. The molecule has 0 aromatic heterocycles. The van der Waals surface area contributed by atoms with E-state index in [1.54, 1.807) is 6.08 Å². The minimum Gasteiger partial charge on any atom is -0.365 e. The summed E-state index contributed by atoms with van der Waals surface area (Å²) in [5, 5.41) is 2.79. The summed E-state index contributed by atoms with van der Waals surface area (Å²) in [6.45, 7) is 9.82. The number of likely N-dealkylation sites (N-methyl/N-ethyl adjacent to an activating group) is 1. The SMILES string of the molecule is CC1=CC(C)(C)N(C)c2cc(Cl)c(/C=C3\SC(=O)N(CC(=O)Nc4ccc(C)cc4C)C3=O)cc21. The van der Waals surface area contributed by atoms with Gasteiger partial charge in [-0.1, -0.05) is 35.4 Å². The fourth-order valence-corrected chi connectivity index (χ4v) is 5.40. The zero-order valence-electron chi connectivity index (χ0n) is 20.7. The number of anilines is 2. The van der Waals surface area contributed by atoms with Crippen molar-refractivity contribution in [2.45, 2.75) is 40.2 Å². The molecule has 2 aliphatic rings. The molecule has 0 unspecified atom stereocenters. The number of nitrogens with one attached hydrogen (secondary N) is 1. The minimum absolute atomic E-state index is 0.151. The summed E-state index contributed by atoms with van der Waals surface area (Å²) >= 11 is 7.40. The number of thioether (sulfide) groups is 1. The number of rotatable bonds is 4. The van der Waals surface area contributed by atoms with Crippen molar-refractivity contribution in [2.75, 3.05) is 23.8 Å². The number of hydrogen-bond donors (Lipinski definition) is 1. The van der Waals surface area contributed by atoms with E-state index in [1.807, 2.05) is 58.2 Å². The van der Waals surface area contributed by atoms with E-state index in [0.29, 0.717) is 16.3 Å². The number of fused-ring (bicyclic) bond motifs is 1. The highest BCUT2D eigenvalue weighted by Crippen LogP contribution is 2.42. The molecule has 1 saturated heterocycles. The van der Waals surface area contributed by atoms with Crippen LogP contribution in [0, 0.1) is 13.8 Å². The number of benzene rings is 2. The molecule has 35 heavy (non-hydrogen) atoms. The quantitative estimate of drug-likeness (QED) is 0.492. The molecule has 6 nitrogen and oxygen atoms in total. The average molecular weight is 510 g/mol. The van der Waals surface area contributed by atoms with Crippen molar-refractivity contribution in [3.63, 3.8) is 0 Å². The first-order valence-electron chi connectivity index (χ1n) is 11.3. The first kappa shape index (κ1) is 25.1. The minimum atomic E-state index is -0.505. The van der Waals surface area contributed by atoms with Crippen LogP contribution in [-0.2, 0) is 9.59 Å². The zero-order chi connectivity index (χ0) is 25.7. The molecule has 2 heterocycles. The summed E-state index contributed by atoms with van der Waals surface area (Å²) in [4.78, 5) is 41.5. The summed E-state index contributed by atoms with van der Waals surface area (Å²) in [7, 11) is 2.02. The van der Waals surface area contributed by atoms with Gasteiger partial charge in [0.1, 0.15) is 6.54 Å². The Morgan fingerprint density at radius 1 is 1.14 bits per heavy atom. The lowest BCUT2D eigenvalue weighted by Crippen LogP contribution is -2.42. The Morgan fingerprint density at radius 2 is 1.86 bits per heavy atom. The van der Waals surface area contributed by atoms with Crippen molar-refractivity contribution < 1.29 is 14.4 Å². The number of carbonyl (C=O) groups excluding carboxylic acids is 3. The fourth-order valence-electron chi connectivity index (χ4n) is 4.36. The van der Waals surface area contributed by atoms with Gasteiger partial charge >= 0.3 is 0 Å². The van der Waals surface area contributed by atoms with E-state index in [4.69, 9.17) is 11.6 Å². The third-order valence-corrected chi connectivity index (χ3v) is 7.69. The van der Waals surface area contributed by atoms with Crippen LogP contribution in [-0.4, -0.2) is 41.1 Å². The Kier molecular flexibility index (Phi) is 6.60. The molecule has 0 aliphatic carbocycles. The van der Waals surface area contributed by atoms with E-state index in [0.717, 1.165) is 44.6 Å². The van der Waals surface area contributed by atoms with Gasteiger partial charge in [0.15, 0.2) is 0 Å². The number of aryl methyl sites for hydroxylation is 2. The second-order valence-electron chi connectivity index (χ2n) is 9.57. The molecule has 1 N–H and O–H groups in total. The molecule has 2 aromatic rings. The predicted molar refractivity (Wildman–Crippen MR) is 145 cm³/mol. The number of halogens is 1. The molecular weight excluding hydrogens is 482 g/mol. The molecule has 0 bridgehead atoms. The third kappa shape index (κ3) is 4.88. The van der Waals surface area contributed by atoms with Crippen LogP contribution >= 0.6 is 23.4 Å². The van der Waals surface area contributed by atoms with Gasteiger partial charge in [0, 0.05) is 29.0 Å². The van der Waals surface area contributed by atoms with Crippen molar-refractivity contribution >= 4 is 63.4 Å². The maximum atomic E-state index is 13.0. The predicted octanol–water partition coefficient (Wildman–Crippen LogP) is 6.26. The number of nitrogens with zero attached hydrogens (tertiary/aromatic N) is 2. The Bertz CT molecular complexity index is 1330. The molecule has 2 aliphatic heterocycles. The molecule has 4 rings (SSSR count). The Balaban J connectivity index is 1.55. The molecule has 182 valence electrons. The summed E-state index contributed by atoms with van der Waals surface area (Å²) < 4.78 is 0. The summed E-state index contributed by atoms with van der Waals surface area (Å²) in [5.74, 6) is -0.936. The lowest BCUT2D eigenvalue weighted by Gasteiger charge is -2.40. The number of amides is 3. The van der Waals surface area contributed by atoms with Crippen LogP contribution in [0.3, 0.4) is 0 Å². The molecule has 3 amide bonds. The van der Waals surface area contributed by atoms with E-state index >= 15 is 0 Å². The third-order valence-electron chi connectivity index (χ3n) is 6.45. The van der Waals surface area contributed by atoms with Crippen molar-refractivity contribution in [1.82, 2.24) is 4.90 Å². The van der Waals surface area contributed by atoms with Gasteiger partial charge < -0.3 is 10.2 Å². The smallest absolute Gasteiger partial charge is 0.294 e.